The van der Waals surface area contributed by atoms with Crippen molar-refractivity contribution < 1.29 is 32.8 Å². The first kappa shape index (κ1) is 48.5. The van der Waals surface area contributed by atoms with Crippen LogP contribution in [0.3, 0.4) is 0 Å². The molecule has 334 valence electrons. The molecule has 0 bridgehead atoms. The maximum absolute atomic E-state index is 14.0. The number of carbonyl (C=O) groups is 2. The summed E-state index contributed by atoms with van der Waals surface area (Å²) in [6, 6.07) is 22.1. The Morgan fingerprint density at radius 1 is 0.921 bits per heavy atom. The van der Waals surface area contributed by atoms with Gasteiger partial charge in [0, 0.05) is 41.2 Å². The molecule has 0 saturated carbocycles. The van der Waals surface area contributed by atoms with Gasteiger partial charge in [0.1, 0.15) is 24.2 Å². The summed E-state index contributed by atoms with van der Waals surface area (Å²) < 4.78 is 40.5. The second kappa shape index (κ2) is 23.8. The lowest BCUT2D eigenvalue weighted by molar-refractivity contribution is -0.124. The van der Waals surface area contributed by atoms with Crippen molar-refractivity contribution in [3.8, 4) is 22.1 Å². The van der Waals surface area contributed by atoms with Crippen molar-refractivity contribution in [2.45, 2.75) is 89.8 Å². The molecule has 3 heterocycles. The monoisotopic (exact) mass is 879 g/mol. The molecule has 1 aliphatic rings. The Hall–Kier alpha value is -5.57. The molecule has 4 N–H and O–H groups in total. The van der Waals surface area contributed by atoms with Crippen LogP contribution in [0.2, 0.25) is 0 Å². The molecule has 2 amide bonds. The van der Waals surface area contributed by atoms with E-state index in [9.17, 15) is 23.3 Å². The number of ether oxygens (including phenoxy) is 2. The summed E-state index contributed by atoms with van der Waals surface area (Å²) in [4.78, 5) is 30.5. The van der Waals surface area contributed by atoms with E-state index in [-0.39, 0.29) is 30.6 Å². The minimum atomic E-state index is -2.68. The van der Waals surface area contributed by atoms with Gasteiger partial charge in [-0.05, 0) is 137 Å². The number of carbonyl (C=O) groups excluding carboxylic acids is 2. The first-order valence-corrected chi connectivity index (χ1v) is 22.3. The van der Waals surface area contributed by atoms with Gasteiger partial charge in [0.2, 0.25) is 5.91 Å². The highest BCUT2D eigenvalue weighted by molar-refractivity contribution is 7.13. The van der Waals surface area contributed by atoms with E-state index in [1.807, 2.05) is 92.1 Å². The number of β-amino-alcohol motifs (C(OH)–C–C–N with tert-alkyl or cyclic N) is 1. The third-order valence-electron chi connectivity index (χ3n) is 10.4. The summed E-state index contributed by atoms with van der Waals surface area (Å²) in [5, 5.41) is 21.9. The molecule has 4 aromatic rings. The van der Waals surface area contributed by atoms with Crippen molar-refractivity contribution in [3.05, 3.63) is 132 Å². The zero-order valence-electron chi connectivity index (χ0n) is 36.7. The first-order chi connectivity index (χ1) is 30.2. The zero-order chi connectivity index (χ0) is 45.2. The van der Waals surface area contributed by atoms with Gasteiger partial charge in [-0.1, -0.05) is 55.0 Å². The average molecular weight is 880 g/mol. The fourth-order valence-electron chi connectivity index (χ4n) is 6.84. The van der Waals surface area contributed by atoms with Crippen molar-refractivity contribution in [2.75, 3.05) is 26.3 Å². The molecular weight excluding hydrogens is 819 g/mol. The van der Waals surface area contributed by atoms with Gasteiger partial charge in [-0.15, -0.1) is 17.9 Å². The van der Waals surface area contributed by atoms with Gasteiger partial charge in [0.15, 0.2) is 6.61 Å². The van der Waals surface area contributed by atoms with E-state index in [0.29, 0.717) is 54.5 Å². The van der Waals surface area contributed by atoms with Crippen LogP contribution in [0.4, 0.5) is 8.63 Å². The van der Waals surface area contributed by atoms with Gasteiger partial charge in [-0.2, -0.15) is 0 Å². The molecular formula is C49H60BF2N5O5S. The van der Waals surface area contributed by atoms with Crippen molar-refractivity contribution in [1.82, 2.24) is 20.4 Å². The van der Waals surface area contributed by atoms with Crippen LogP contribution >= 0.6 is 11.3 Å². The Balaban J connectivity index is 0.916. The van der Waals surface area contributed by atoms with Crippen LogP contribution < -0.4 is 25.4 Å². The smallest absolute Gasteiger partial charge is 0.491 e. The van der Waals surface area contributed by atoms with Crippen molar-refractivity contribution in [1.29, 1.82) is 0 Å². The van der Waals surface area contributed by atoms with Crippen LogP contribution in [-0.4, -0.2) is 78.0 Å². The molecule has 63 heavy (non-hydrogen) atoms. The second-order valence-electron chi connectivity index (χ2n) is 16.8. The summed E-state index contributed by atoms with van der Waals surface area (Å²) in [6.07, 6.45) is 15.1. The first-order valence-electron chi connectivity index (χ1n) is 21.5. The number of thiophene rings is 1. The number of hydrogen-bond donors (Lipinski definition) is 4. The molecule has 0 radical (unpaired) electrons. The molecule has 1 atom stereocenters. The number of benzene rings is 2. The van der Waals surface area contributed by atoms with Gasteiger partial charge in [-0.3, -0.25) is 18.2 Å². The van der Waals surface area contributed by atoms with Gasteiger partial charge >= 0.3 is 7.40 Å². The number of aliphatic imine (C=N–C) groups is 1. The standard InChI is InChI=1S/C49H60BF2N5O5S/c1-6-13-37-14-9-10-15-44(37)62-34-41(58)33-54-48(2,3)28-29-49(4,5)56-46(59)17-8-7-11-30-53-47(60)35-61-42-25-19-36(20-26-42)18-21-38-22-23-39(55-38)32-40-24-27-43(57(40)50(51)52)45-16-12-31-63-45/h6,9-10,12,14-16,18-27,31-32,41,54,58H,1,7-8,11,13,17,28-30,33-35H2,2-5H3,(H,53,60)(H,56,59)/b21-18+,39-32-/t41-/m0/s1. The van der Waals surface area contributed by atoms with Crippen LogP contribution in [0.1, 0.15) is 83.0 Å². The maximum atomic E-state index is 14.0. The largest absolute Gasteiger partial charge is 0.678 e. The molecule has 14 heteroatoms. The summed E-state index contributed by atoms with van der Waals surface area (Å²) >= 11 is 1.41. The van der Waals surface area contributed by atoms with Crippen LogP contribution in [0.25, 0.3) is 22.7 Å². The zero-order valence-corrected chi connectivity index (χ0v) is 37.6. The number of hydrogen-bond acceptors (Lipinski definition) is 8. The Bertz CT molecular complexity index is 2230. The average Bonchev–Trinajstić information content (AvgIpc) is 4.04. The van der Waals surface area contributed by atoms with E-state index in [4.69, 9.17) is 9.47 Å². The highest BCUT2D eigenvalue weighted by atomic mass is 32.1. The maximum Gasteiger partial charge on any atom is 0.678 e. The molecule has 0 fully saturated rings. The molecule has 0 spiro atoms. The van der Waals surface area contributed by atoms with Crippen molar-refractivity contribution in [3.63, 3.8) is 0 Å². The number of aromatic nitrogens is 1. The van der Waals surface area contributed by atoms with Gasteiger partial charge in [-0.25, -0.2) is 4.99 Å². The number of rotatable bonds is 26. The van der Waals surface area contributed by atoms with E-state index in [0.717, 1.165) is 58.3 Å². The van der Waals surface area contributed by atoms with E-state index in [2.05, 4.69) is 41.4 Å². The number of para-hydroxylation sites is 1. The molecule has 2 aromatic heterocycles. The third-order valence-corrected chi connectivity index (χ3v) is 11.3. The lowest BCUT2D eigenvalue weighted by atomic mass is 9.89. The predicted octanol–water partition coefficient (Wildman–Crippen LogP) is 9.32. The molecule has 0 unspecified atom stereocenters. The summed E-state index contributed by atoms with van der Waals surface area (Å²) in [6.45, 7) is 13.0. The number of aliphatic hydroxyl groups excluding tert-OH is 1. The highest BCUT2D eigenvalue weighted by Crippen LogP contribution is 2.30. The number of nitrogens with zero attached hydrogens (tertiary/aromatic N) is 2. The number of nitrogens with one attached hydrogen (secondary N) is 3. The SMILES string of the molecule is C=CCc1ccccc1OC[C@@H](O)CNC(C)(C)CCC(C)(C)NC(=O)CCCCCNC(=O)COc1ccc(/C=C/C2=NC(=C\c3ccc(-c4cccs4)n3B(F)F)/C=C2)cc1. The molecule has 0 saturated heterocycles. The van der Waals surface area contributed by atoms with Crippen LogP contribution in [0, 0.1) is 0 Å². The van der Waals surface area contributed by atoms with Gasteiger partial charge < -0.3 is 35.0 Å². The number of amides is 2. The van der Waals surface area contributed by atoms with E-state index < -0.39 is 19.0 Å². The van der Waals surface area contributed by atoms with Gasteiger partial charge in [0.05, 0.1) is 17.1 Å². The molecule has 2 aromatic carbocycles. The van der Waals surface area contributed by atoms with E-state index >= 15 is 0 Å². The quantitative estimate of drug-likeness (QED) is 0.0283. The van der Waals surface area contributed by atoms with Crippen LogP contribution in [0.15, 0.2) is 120 Å². The van der Waals surface area contributed by atoms with Crippen LogP contribution in [-0.2, 0) is 16.0 Å². The minimum absolute atomic E-state index is 0.00424. The number of halogens is 2. The fraction of sp³-hybridized carbons (Fsp3) is 0.367. The van der Waals surface area contributed by atoms with E-state index in [1.165, 1.54) is 11.3 Å². The Kier molecular flexibility index (Phi) is 18.3. The topological polar surface area (TPSA) is 126 Å². The fourth-order valence-corrected chi connectivity index (χ4v) is 7.59. The van der Waals surface area contributed by atoms with E-state index in [1.54, 1.807) is 36.4 Å². The highest BCUT2D eigenvalue weighted by Gasteiger charge is 2.27. The Labute approximate surface area is 375 Å². The van der Waals surface area contributed by atoms with Gasteiger partial charge in [0.25, 0.3) is 5.91 Å². The normalized spacial score (nSPS) is 13.9. The van der Waals surface area contributed by atoms with Crippen LogP contribution in [0.5, 0.6) is 11.5 Å². The van der Waals surface area contributed by atoms with Crippen molar-refractivity contribution in [2.24, 2.45) is 4.99 Å². The third kappa shape index (κ3) is 16.3. The summed E-state index contributed by atoms with van der Waals surface area (Å²) in [7, 11) is -2.68. The Morgan fingerprint density at radius 2 is 1.70 bits per heavy atom. The number of aliphatic hydroxyl groups is 1. The molecule has 0 aliphatic carbocycles. The summed E-state index contributed by atoms with van der Waals surface area (Å²) in [5.41, 5.74) is 3.41. The lowest BCUT2D eigenvalue weighted by Crippen LogP contribution is -2.48. The number of unbranched alkanes of at least 4 members (excludes halogenated alkanes) is 2. The number of allylic oxidation sites excluding steroid dienone is 4. The van der Waals surface area contributed by atoms with Crippen molar-refractivity contribution >= 4 is 48.4 Å². The predicted molar refractivity (Wildman–Crippen MR) is 253 cm³/mol. The lowest BCUT2D eigenvalue weighted by Gasteiger charge is -2.33. The molecule has 1 aliphatic heterocycles. The molecule has 10 nitrogen and oxygen atoms in total. The second-order valence-corrected chi connectivity index (χ2v) is 17.8. The summed E-state index contributed by atoms with van der Waals surface area (Å²) in [5.74, 6) is 1.10. The minimum Gasteiger partial charge on any atom is -0.491 e. The molecule has 5 rings (SSSR count). The Morgan fingerprint density at radius 3 is 2.44 bits per heavy atom.